The van der Waals surface area contributed by atoms with Crippen molar-refractivity contribution in [1.29, 1.82) is 0 Å². The first-order valence-corrected chi connectivity index (χ1v) is 8.94. The number of fused-ring (bicyclic) bond motifs is 1. The van der Waals surface area contributed by atoms with Crippen molar-refractivity contribution < 1.29 is 0 Å². The van der Waals surface area contributed by atoms with Crippen LogP contribution in [-0.4, -0.2) is 4.57 Å². The average Bonchev–Trinajstić information content (AvgIpc) is 2.97. The van der Waals surface area contributed by atoms with Crippen LogP contribution in [0.3, 0.4) is 0 Å². The van der Waals surface area contributed by atoms with Gasteiger partial charge in [-0.2, -0.15) is 0 Å². The first-order chi connectivity index (χ1) is 12.8. The summed E-state index contributed by atoms with van der Waals surface area (Å²) < 4.78 is 2.33. The Balaban J connectivity index is 2.03. The van der Waals surface area contributed by atoms with Crippen molar-refractivity contribution in [2.45, 2.75) is 19.8 Å². The number of terminal acetylenes is 1. The van der Waals surface area contributed by atoms with Gasteiger partial charge < -0.3 is 4.57 Å². The first kappa shape index (κ1) is 16.2. The standard InChI is InChI=1S/C25H21N/c1-3-9-22-23-12-7-8-13-24(23)26(21-16-14-19(2)15-17-21)25(22)18-20-10-5-4-6-11-20/h1,4-8,10,12-18H,9,11H2,2H3/b20-18-. The number of aromatic nitrogens is 1. The molecule has 0 fully saturated rings. The minimum absolute atomic E-state index is 0.623. The highest BCUT2D eigenvalue weighted by molar-refractivity contribution is 5.90. The van der Waals surface area contributed by atoms with Gasteiger partial charge in [0.05, 0.1) is 11.2 Å². The van der Waals surface area contributed by atoms with Gasteiger partial charge in [0.2, 0.25) is 0 Å². The van der Waals surface area contributed by atoms with E-state index in [1.54, 1.807) is 0 Å². The minimum atomic E-state index is 0.623. The Labute approximate surface area is 155 Å². The highest BCUT2D eigenvalue weighted by Crippen LogP contribution is 2.32. The molecule has 2 aromatic carbocycles. The van der Waals surface area contributed by atoms with Gasteiger partial charge in [-0.05, 0) is 48.8 Å². The van der Waals surface area contributed by atoms with E-state index in [2.05, 4.69) is 96.3 Å². The topological polar surface area (TPSA) is 4.93 Å². The third-order valence-corrected chi connectivity index (χ3v) is 4.82. The van der Waals surface area contributed by atoms with Crippen LogP contribution in [0, 0.1) is 19.3 Å². The minimum Gasteiger partial charge on any atom is -0.310 e. The molecular formula is C25H21N. The molecular weight excluding hydrogens is 314 g/mol. The second kappa shape index (κ2) is 6.94. The molecule has 1 heterocycles. The molecule has 26 heavy (non-hydrogen) atoms. The van der Waals surface area contributed by atoms with Gasteiger partial charge in [-0.3, -0.25) is 0 Å². The molecule has 1 heteroatoms. The molecule has 0 amide bonds. The van der Waals surface area contributed by atoms with Crippen molar-refractivity contribution >= 4 is 17.0 Å². The first-order valence-electron chi connectivity index (χ1n) is 8.94. The zero-order valence-electron chi connectivity index (χ0n) is 14.9. The van der Waals surface area contributed by atoms with Gasteiger partial charge in [0.15, 0.2) is 0 Å². The summed E-state index contributed by atoms with van der Waals surface area (Å²) in [5.41, 5.74) is 7.32. The number of hydrogen-bond acceptors (Lipinski definition) is 0. The summed E-state index contributed by atoms with van der Waals surface area (Å²) in [6.45, 7) is 2.11. The van der Waals surface area contributed by atoms with E-state index in [-0.39, 0.29) is 0 Å². The van der Waals surface area contributed by atoms with Crippen molar-refractivity contribution in [3.8, 4) is 18.0 Å². The molecule has 1 aliphatic carbocycles. The fourth-order valence-electron chi connectivity index (χ4n) is 3.55. The zero-order chi connectivity index (χ0) is 17.9. The largest absolute Gasteiger partial charge is 0.310 e. The predicted octanol–water partition coefficient (Wildman–Crippen LogP) is 6.01. The third kappa shape index (κ3) is 2.91. The lowest BCUT2D eigenvalue weighted by molar-refractivity contribution is 1.08. The van der Waals surface area contributed by atoms with Crippen LogP contribution in [0.4, 0.5) is 0 Å². The maximum atomic E-state index is 5.72. The predicted molar refractivity (Wildman–Crippen MR) is 111 cm³/mol. The van der Waals surface area contributed by atoms with Crippen molar-refractivity contribution in [2.75, 3.05) is 0 Å². The summed E-state index contributed by atoms with van der Waals surface area (Å²) in [5.74, 6) is 2.85. The van der Waals surface area contributed by atoms with Crippen molar-refractivity contribution in [2.24, 2.45) is 0 Å². The SMILES string of the molecule is C#CCc1c(/C=C2/C=CC=CC2)n(-c2ccc(C)cc2)c2ccccc12. The number of hydrogen-bond donors (Lipinski definition) is 0. The molecule has 0 unspecified atom stereocenters. The van der Waals surface area contributed by atoms with Gasteiger partial charge in [0.1, 0.15) is 0 Å². The van der Waals surface area contributed by atoms with Crippen molar-refractivity contribution in [3.05, 3.63) is 95.2 Å². The molecule has 0 saturated heterocycles. The van der Waals surface area contributed by atoms with Crippen LogP contribution in [0.1, 0.15) is 23.2 Å². The summed E-state index contributed by atoms with van der Waals surface area (Å²) in [6, 6.07) is 17.2. The van der Waals surface area contributed by atoms with Gasteiger partial charge in [0, 0.05) is 17.5 Å². The molecule has 0 N–H and O–H groups in total. The van der Waals surface area contributed by atoms with Crippen LogP contribution in [0.5, 0.6) is 0 Å². The van der Waals surface area contributed by atoms with Gasteiger partial charge >= 0.3 is 0 Å². The number of para-hydroxylation sites is 1. The average molecular weight is 335 g/mol. The van der Waals surface area contributed by atoms with Gasteiger partial charge in [-0.1, -0.05) is 60.2 Å². The van der Waals surface area contributed by atoms with Crippen LogP contribution in [0.25, 0.3) is 22.7 Å². The Kier molecular flexibility index (Phi) is 4.33. The number of aryl methyl sites for hydroxylation is 1. The molecule has 3 aromatic rings. The molecule has 0 spiro atoms. The molecule has 1 aromatic heterocycles. The van der Waals surface area contributed by atoms with E-state index >= 15 is 0 Å². The monoisotopic (exact) mass is 335 g/mol. The lowest BCUT2D eigenvalue weighted by atomic mass is 10.0. The van der Waals surface area contributed by atoms with E-state index in [9.17, 15) is 0 Å². The smallest absolute Gasteiger partial charge is 0.0538 e. The molecule has 4 rings (SSSR count). The summed E-state index contributed by atoms with van der Waals surface area (Å²) in [4.78, 5) is 0. The number of benzene rings is 2. The Bertz CT molecular complexity index is 1080. The van der Waals surface area contributed by atoms with Crippen molar-refractivity contribution in [1.82, 2.24) is 4.57 Å². The highest BCUT2D eigenvalue weighted by Gasteiger charge is 2.16. The fraction of sp³-hybridized carbons (Fsp3) is 0.120. The maximum absolute atomic E-state index is 5.72. The molecule has 126 valence electrons. The van der Waals surface area contributed by atoms with Gasteiger partial charge in [-0.25, -0.2) is 0 Å². The third-order valence-electron chi connectivity index (χ3n) is 4.82. The lowest BCUT2D eigenvalue weighted by Gasteiger charge is -2.11. The maximum Gasteiger partial charge on any atom is 0.0538 e. The number of allylic oxidation sites excluding steroid dienone is 5. The fourth-order valence-corrected chi connectivity index (χ4v) is 3.55. The van der Waals surface area contributed by atoms with Crippen LogP contribution in [0.2, 0.25) is 0 Å². The normalized spacial score (nSPS) is 14.8. The molecule has 0 radical (unpaired) electrons. The summed E-state index contributed by atoms with van der Waals surface area (Å²) in [7, 11) is 0. The number of rotatable bonds is 3. The highest BCUT2D eigenvalue weighted by atomic mass is 15.0. The Morgan fingerprint density at radius 1 is 1.08 bits per heavy atom. The summed E-state index contributed by atoms with van der Waals surface area (Å²) >= 11 is 0. The molecule has 0 saturated carbocycles. The Hall–Kier alpha value is -3.24. The van der Waals surface area contributed by atoms with Crippen LogP contribution in [0.15, 0.2) is 78.4 Å². The van der Waals surface area contributed by atoms with E-state index in [1.165, 1.54) is 33.3 Å². The van der Waals surface area contributed by atoms with E-state index in [1.807, 2.05) is 0 Å². The number of nitrogens with zero attached hydrogens (tertiary/aromatic N) is 1. The zero-order valence-corrected chi connectivity index (χ0v) is 14.9. The van der Waals surface area contributed by atoms with E-state index < -0.39 is 0 Å². The molecule has 0 aliphatic heterocycles. The van der Waals surface area contributed by atoms with Crippen LogP contribution in [-0.2, 0) is 6.42 Å². The molecule has 1 aliphatic rings. The van der Waals surface area contributed by atoms with E-state index in [0.29, 0.717) is 6.42 Å². The summed E-state index contributed by atoms with van der Waals surface area (Å²) in [6.07, 6.45) is 18.1. The lowest BCUT2D eigenvalue weighted by Crippen LogP contribution is -1.99. The van der Waals surface area contributed by atoms with Gasteiger partial charge in [0.25, 0.3) is 0 Å². The molecule has 0 atom stereocenters. The van der Waals surface area contributed by atoms with E-state index in [0.717, 1.165) is 12.1 Å². The second-order valence-electron chi connectivity index (χ2n) is 6.64. The van der Waals surface area contributed by atoms with Crippen molar-refractivity contribution in [3.63, 3.8) is 0 Å². The quantitative estimate of drug-likeness (QED) is 0.516. The Morgan fingerprint density at radius 3 is 2.62 bits per heavy atom. The van der Waals surface area contributed by atoms with Crippen LogP contribution < -0.4 is 0 Å². The Morgan fingerprint density at radius 2 is 1.88 bits per heavy atom. The summed E-state index contributed by atoms with van der Waals surface area (Å²) in [5, 5.41) is 1.23. The molecule has 0 bridgehead atoms. The molecule has 1 nitrogen and oxygen atoms in total. The second-order valence-corrected chi connectivity index (χ2v) is 6.64. The van der Waals surface area contributed by atoms with E-state index in [4.69, 9.17) is 6.42 Å². The van der Waals surface area contributed by atoms with Gasteiger partial charge in [-0.15, -0.1) is 12.3 Å². The van der Waals surface area contributed by atoms with Crippen LogP contribution >= 0.6 is 0 Å².